The van der Waals surface area contributed by atoms with Crippen molar-refractivity contribution in [2.75, 3.05) is 5.32 Å². The van der Waals surface area contributed by atoms with Crippen molar-refractivity contribution < 1.29 is 19.5 Å². The lowest BCUT2D eigenvalue weighted by molar-refractivity contribution is -0.140. The Balaban J connectivity index is 3.08. The maximum absolute atomic E-state index is 12.5. The number of rotatable bonds is 7. The summed E-state index contributed by atoms with van der Waals surface area (Å²) in [6.07, 6.45) is 1.09. The molecule has 1 atom stereocenters. The van der Waals surface area contributed by atoms with Gasteiger partial charge in [-0.1, -0.05) is 20.8 Å². The van der Waals surface area contributed by atoms with E-state index in [0.29, 0.717) is 23.4 Å². The number of carbonyl (C=O) groups is 3. The van der Waals surface area contributed by atoms with Gasteiger partial charge in [-0.3, -0.25) is 9.59 Å². The van der Waals surface area contributed by atoms with E-state index in [1.807, 2.05) is 13.8 Å². The highest BCUT2D eigenvalue weighted by Crippen LogP contribution is 2.32. The van der Waals surface area contributed by atoms with Gasteiger partial charge in [0.25, 0.3) is 5.91 Å². The number of hydrogen-bond acceptors (Lipinski definition) is 4. The fourth-order valence-electron chi connectivity index (χ4n) is 2.13. The van der Waals surface area contributed by atoms with Gasteiger partial charge in [0.2, 0.25) is 5.91 Å². The molecule has 1 heterocycles. The van der Waals surface area contributed by atoms with E-state index in [2.05, 4.69) is 10.6 Å². The summed E-state index contributed by atoms with van der Waals surface area (Å²) < 4.78 is 0. The van der Waals surface area contributed by atoms with E-state index in [4.69, 9.17) is 0 Å². The molecule has 0 aliphatic rings. The van der Waals surface area contributed by atoms with Crippen LogP contribution >= 0.6 is 11.3 Å². The first kappa shape index (κ1) is 19.2. The number of carboxylic acids is 1. The topological polar surface area (TPSA) is 95.5 Å². The Morgan fingerprint density at radius 2 is 1.83 bits per heavy atom. The van der Waals surface area contributed by atoms with Crippen LogP contribution in [0.25, 0.3) is 0 Å². The van der Waals surface area contributed by atoms with E-state index >= 15 is 0 Å². The molecule has 1 rings (SSSR count). The van der Waals surface area contributed by atoms with E-state index in [0.717, 1.165) is 10.4 Å². The monoisotopic (exact) mass is 340 g/mol. The SMILES string of the molecule is CCCC(=O)Nc1sc(C)c(C)c1C(=O)NC(C(=O)O)C(C)C. The molecule has 0 saturated heterocycles. The van der Waals surface area contributed by atoms with Gasteiger partial charge in [-0.25, -0.2) is 4.79 Å². The van der Waals surface area contributed by atoms with Gasteiger partial charge in [0, 0.05) is 11.3 Å². The molecule has 0 aliphatic heterocycles. The minimum absolute atomic E-state index is 0.151. The molecule has 3 N–H and O–H groups in total. The third-order valence-corrected chi connectivity index (χ3v) is 4.68. The van der Waals surface area contributed by atoms with E-state index in [1.54, 1.807) is 20.8 Å². The number of anilines is 1. The second-order valence-electron chi connectivity index (χ2n) is 5.82. The molecule has 0 aliphatic carbocycles. The standard InChI is InChI=1S/C16H24N2O4S/c1-6-7-11(19)17-15-12(9(4)10(5)23-15)14(20)18-13(8(2)3)16(21)22/h8,13H,6-7H2,1-5H3,(H,17,19)(H,18,20)(H,21,22). The Morgan fingerprint density at radius 1 is 1.22 bits per heavy atom. The molecule has 0 fully saturated rings. The van der Waals surface area contributed by atoms with Crippen molar-refractivity contribution >= 4 is 34.1 Å². The number of amides is 2. The maximum Gasteiger partial charge on any atom is 0.326 e. The van der Waals surface area contributed by atoms with E-state index in [9.17, 15) is 19.5 Å². The first-order valence-corrected chi connectivity index (χ1v) is 8.44. The number of aryl methyl sites for hydroxylation is 1. The Bertz CT molecular complexity index is 607. The van der Waals surface area contributed by atoms with Crippen molar-refractivity contribution in [1.29, 1.82) is 0 Å². The van der Waals surface area contributed by atoms with Crippen molar-refractivity contribution in [3.8, 4) is 0 Å². The number of carboxylic acid groups (broad SMARTS) is 1. The fraction of sp³-hybridized carbons (Fsp3) is 0.562. The van der Waals surface area contributed by atoms with Crippen molar-refractivity contribution in [3.63, 3.8) is 0 Å². The summed E-state index contributed by atoms with van der Waals surface area (Å²) in [5, 5.41) is 15.0. The number of hydrogen-bond donors (Lipinski definition) is 3. The van der Waals surface area contributed by atoms with Gasteiger partial charge in [0.05, 0.1) is 5.56 Å². The summed E-state index contributed by atoms with van der Waals surface area (Å²) in [6, 6.07) is -0.971. The largest absolute Gasteiger partial charge is 0.480 e. The Morgan fingerprint density at radius 3 is 2.30 bits per heavy atom. The molecule has 1 aromatic heterocycles. The number of aliphatic carboxylic acids is 1. The lowest BCUT2D eigenvalue weighted by Crippen LogP contribution is -2.44. The summed E-state index contributed by atoms with van der Waals surface area (Å²) in [5.41, 5.74) is 1.11. The van der Waals surface area contributed by atoms with E-state index < -0.39 is 17.9 Å². The number of nitrogens with one attached hydrogen (secondary N) is 2. The zero-order valence-electron chi connectivity index (χ0n) is 14.1. The first-order chi connectivity index (χ1) is 10.7. The molecule has 0 bridgehead atoms. The van der Waals surface area contributed by atoms with Gasteiger partial charge in [0.15, 0.2) is 0 Å². The van der Waals surface area contributed by atoms with Crippen LogP contribution in [-0.2, 0) is 9.59 Å². The molecule has 2 amide bonds. The van der Waals surface area contributed by atoms with Gasteiger partial charge in [0.1, 0.15) is 11.0 Å². The molecule has 1 aromatic rings. The third-order valence-electron chi connectivity index (χ3n) is 3.56. The second kappa shape index (κ2) is 8.10. The molecular formula is C16H24N2O4S. The molecule has 23 heavy (non-hydrogen) atoms. The van der Waals surface area contributed by atoms with Crippen molar-refractivity contribution in [1.82, 2.24) is 5.32 Å². The van der Waals surface area contributed by atoms with Crippen LogP contribution in [0.1, 0.15) is 54.4 Å². The number of thiophene rings is 1. The van der Waals surface area contributed by atoms with Gasteiger partial charge in [-0.2, -0.15) is 0 Å². The summed E-state index contributed by atoms with van der Waals surface area (Å²) in [5.74, 6) is -1.94. The van der Waals surface area contributed by atoms with Crippen LogP contribution in [0.15, 0.2) is 0 Å². The molecule has 0 aromatic carbocycles. The van der Waals surface area contributed by atoms with E-state index in [1.165, 1.54) is 11.3 Å². The van der Waals surface area contributed by atoms with Crippen molar-refractivity contribution in [3.05, 3.63) is 16.0 Å². The summed E-state index contributed by atoms with van der Waals surface area (Å²) >= 11 is 1.33. The van der Waals surface area contributed by atoms with Gasteiger partial charge >= 0.3 is 5.97 Å². The first-order valence-electron chi connectivity index (χ1n) is 7.62. The molecule has 7 heteroatoms. The van der Waals surface area contributed by atoms with Gasteiger partial charge < -0.3 is 15.7 Å². The van der Waals surface area contributed by atoms with E-state index in [-0.39, 0.29) is 11.8 Å². The molecule has 0 saturated carbocycles. The Labute approximate surface area is 140 Å². The van der Waals surface area contributed by atoms with Crippen molar-refractivity contribution in [2.45, 2.75) is 53.5 Å². The molecule has 1 unspecified atom stereocenters. The Kier molecular flexibility index (Phi) is 6.75. The van der Waals surface area contributed by atoms with Crippen LogP contribution in [0.4, 0.5) is 5.00 Å². The highest BCUT2D eigenvalue weighted by Gasteiger charge is 2.27. The zero-order chi connectivity index (χ0) is 17.7. The molecule has 128 valence electrons. The summed E-state index contributed by atoms with van der Waals surface area (Å²) in [6.45, 7) is 9.02. The fourth-order valence-corrected chi connectivity index (χ4v) is 3.21. The number of carbonyl (C=O) groups excluding carboxylic acids is 2. The second-order valence-corrected chi connectivity index (χ2v) is 7.04. The highest BCUT2D eigenvalue weighted by atomic mass is 32.1. The molecule has 6 nitrogen and oxygen atoms in total. The van der Waals surface area contributed by atoms with Crippen LogP contribution < -0.4 is 10.6 Å². The predicted octanol–water partition coefficient (Wildman–Crippen LogP) is 2.94. The smallest absolute Gasteiger partial charge is 0.326 e. The minimum atomic E-state index is -1.07. The van der Waals surface area contributed by atoms with Gasteiger partial charge in [-0.15, -0.1) is 11.3 Å². The molecule has 0 radical (unpaired) electrons. The van der Waals surface area contributed by atoms with Crippen molar-refractivity contribution in [2.24, 2.45) is 5.92 Å². The normalized spacial score (nSPS) is 12.1. The average Bonchev–Trinajstić information content (AvgIpc) is 2.70. The van der Waals surface area contributed by atoms with Crippen LogP contribution in [0.3, 0.4) is 0 Å². The Hall–Kier alpha value is -1.89. The highest BCUT2D eigenvalue weighted by molar-refractivity contribution is 7.16. The maximum atomic E-state index is 12.5. The zero-order valence-corrected chi connectivity index (χ0v) is 15.0. The quantitative estimate of drug-likeness (QED) is 0.711. The summed E-state index contributed by atoms with van der Waals surface area (Å²) in [4.78, 5) is 36.5. The lowest BCUT2D eigenvalue weighted by atomic mass is 10.0. The van der Waals surface area contributed by atoms with Crippen LogP contribution in [0.2, 0.25) is 0 Å². The van der Waals surface area contributed by atoms with Crippen LogP contribution in [0, 0.1) is 19.8 Å². The van der Waals surface area contributed by atoms with Crippen LogP contribution in [-0.4, -0.2) is 28.9 Å². The molecular weight excluding hydrogens is 316 g/mol. The summed E-state index contributed by atoms with van der Waals surface area (Å²) in [7, 11) is 0. The predicted molar refractivity (Wildman–Crippen MR) is 91.1 cm³/mol. The third kappa shape index (κ3) is 4.79. The average molecular weight is 340 g/mol. The minimum Gasteiger partial charge on any atom is -0.480 e. The van der Waals surface area contributed by atoms with Crippen LogP contribution in [0.5, 0.6) is 0 Å². The lowest BCUT2D eigenvalue weighted by Gasteiger charge is -2.18. The van der Waals surface area contributed by atoms with Gasteiger partial charge in [-0.05, 0) is 31.7 Å². The molecule has 0 spiro atoms.